The molecule has 6 heteroatoms. The van der Waals surface area contributed by atoms with E-state index in [1.807, 2.05) is 0 Å². The third-order valence-corrected chi connectivity index (χ3v) is 2.46. The molecule has 1 amide bonds. The maximum absolute atomic E-state index is 11.7. The van der Waals surface area contributed by atoms with Gasteiger partial charge in [-0.2, -0.15) is 0 Å². The number of hydrogen-bond acceptors (Lipinski definition) is 3. The van der Waals surface area contributed by atoms with Crippen molar-refractivity contribution in [3.63, 3.8) is 0 Å². The first kappa shape index (κ1) is 14.2. The number of carbonyl (C=O) groups excluding carboxylic acids is 1. The van der Waals surface area contributed by atoms with Crippen LogP contribution in [0.5, 0.6) is 0 Å². The Morgan fingerprint density at radius 1 is 1.56 bits per heavy atom. The number of carboxylic acids is 1. The molecule has 0 spiro atoms. The van der Waals surface area contributed by atoms with Crippen LogP contribution >= 0.6 is 11.6 Å². The van der Waals surface area contributed by atoms with Gasteiger partial charge in [-0.3, -0.25) is 4.79 Å². The second-order valence-electron chi connectivity index (χ2n) is 3.62. The Bertz CT molecular complexity index is 488. The van der Waals surface area contributed by atoms with Crippen LogP contribution in [0.1, 0.15) is 16.8 Å². The number of carbonyl (C=O) groups is 2. The highest BCUT2D eigenvalue weighted by Gasteiger charge is 2.16. The van der Waals surface area contributed by atoms with E-state index in [0.717, 1.165) is 0 Å². The third-order valence-electron chi connectivity index (χ3n) is 2.23. The number of nitrogens with two attached hydrogens (primary N) is 1. The van der Waals surface area contributed by atoms with E-state index in [1.54, 1.807) is 0 Å². The van der Waals surface area contributed by atoms with Crippen LogP contribution in [0, 0.1) is 0 Å². The topological polar surface area (TPSA) is 92.4 Å². The number of nitrogens with one attached hydrogen (secondary N) is 1. The molecule has 18 heavy (non-hydrogen) atoms. The summed E-state index contributed by atoms with van der Waals surface area (Å²) in [4.78, 5) is 22.6. The van der Waals surface area contributed by atoms with E-state index in [-0.39, 0.29) is 16.3 Å². The normalized spacial score (nSPS) is 11.7. The Morgan fingerprint density at radius 2 is 2.22 bits per heavy atom. The Kier molecular flexibility index (Phi) is 4.88. The zero-order chi connectivity index (χ0) is 13.7. The van der Waals surface area contributed by atoms with Gasteiger partial charge in [0, 0.05) is 5.02 Å². The lowest BCUT2D eigenvalue weighted by molar-refractivity contribution is -0.117. The predicted molar refractivity (Wildman–Crippen MR) is 69.8 cm³/mol. The van der Waals surface area contributed by atoms with Crippen LogP contribution in [-0.2, 0) is 4.79 Å². The maximum atomic E-state index is 11.7. The summed E-state index contributed by atoms with van der Waals surface area (Å²) in [6.07, 6.45) is 1.83. The molecule has 4 N–H and O–H groups in total. The molecule has 5 nitrogen and oxygen atoms in total. The highest BCUT2D eigenvalue weighted by atomic mass is 35.5. The second-order valence-corrected chi connectivity index (χ2v) is 4.05. The first-order valence-corrected chi connectivity index (χ1v) is 5.53. The number of hydrogen-bond donors (Lipinski definition) is 3. The molecule has 1 aromatic carbocycles. The van der Waals surface area contributed by atoms with Gasteiger partial charge in [0.2, 0.25) is 5.91 Å². The maximum Gasteiger partial charge on any atom is 0.337 e. The average Bonchev–Trinajstić information content (AvgIpc) is 2.31. The van der Waals surface area contributed by atoms with Crippen LogP contribution in [0.3, 0.4) is 0 Å². The number of amides is 1. The lowest BCUT2D eigenvalue weighted by Crippen LogP contribution is -2.35. The van der Waals surface area contributed by atoms with Gasteiger partial charge in [0.1, 0.15) is 0 Å². The van der Waals surface area contributed by atoms with E-state index in [9.17, 15) is 9.59 Å². The fourth-order valence-corrected chi connectivity index (χ4v) is 1.49. The molecule has 0 radical (unpaired) electrons. The van der Waals surface area contributed by atoms with E-state index >= 15 is 0 Å². The number of carboxylic acid groups (broad SMARTS) is 1. The molecule has 0 bridgehead atoms. The Balaban J connectivity index is 2.93. The number of rotatable bonds is 5. The SMILES string of the molecule is C=CCC(N)C(=O)Nc1ccc(Cl)cc1C(=O)O. The second kappa shape index (κ2) is 6.18. The largest absolute Gasteiger partial charge is 0.478 e. The summed E-state index contributed by atoms with van der Waals surface area (Å²) in [6.45, 7) is 3.48. The van der Waals surface area contributed by atoms with Crippen molar-refractivity contribution in [2.75, 3.05) is 5.32 Å². The van der Waals surface area contributed by atoms with Gasteiger partial charge in [0.15, 0.2) is 0 Å². The highest BCUT2D eigenvalue weighted by molar-refractivity contribution is 6.31. The molecule has 0 aliphatic heterocycles. The van der Waals surface area contributed by atoms with E-state index in [2.05, 4.69) is 11.9 Å². The van der Waals surface area contributed by atoms with Gasteiger partial charge >= 0.3 is 5.97 Å². The molecule has 0 fully saturated rings. The molecule has 0 saturated heterocycles. The Hall–Kier alpha value is -1.85. The van der Waals surface area contributed by atoms with Gasteiger partial charge in [-0.25, -0.2) is 4.79 Å². The van der Waals surface area contributed by atoms with Gasteiger partial charge in [-0.05, 0) is 24.6 Å². The van der Waals surface area contributed by atoms with Crippen molar-refractivity contribution in [3.05, 3.63) is 41.4 Å². The van der Waals surface area contributed by atoms with Crippen LogP contribution in [0.2, 0.25) is 5.02 Å². The number of anilines is 1. The lowest BCUT2D eigenvalue weighted by Gasteiger charge is -2.12. The highest BCUT2D eigenvalue weighted by Crippen LogP contribution is 2.21. The molecule has 1 aromatic rings. The number of halogens is 1. The monoisotopic (exact) mass is 268 g/mol. The summed E-state index contributed by atoms with van der Waals surface area (Å²) in [5.74, 6) is -1.65. The fraction of sp³-hybridized carbons (Fsp3) is 0.167. The Morgan fingerprint density at radius 3 is 2.78 bits per heavy atom. The molecule has 0 heterocycles. The van der Waals surface area contributed by atoms with Crippen molar-refractivity contribution < 1.29 is 14.7 Å². The first-order chi connectivity index (χ1) is 8.45. The molecular formula is C12H13ClN2O3. The van der Waals surface area contributed by atoms with Crippen LogP contribution < -0.4 is 11.1 Å². The van der Waals surface area contributed by atoms with Gasteiger partial charge in [-0.15, -0.1) is 6.58 Å². The zero-order valence-corrected chi connectivity index (χ0v) is 10.3. The van der Waals surface area contributed by atoms with Crippen LogP contribution in [0.25, 0.3) is 0 Å². The summed E-state index contributed by atoms with van der Waals surface area (Å²) in [6, 6.07) is 3.41. The first-order valence-electron chi connectivity index (χ1n) is 5.16. The van der Waals surface area contributed by atoms with Crippen molar-refractivity contribution in [1.29, 1.82) is 0 Å². The summed E-state index contributed by atoms with van der Waals surface area (Å²) in [7, 11) is 0. The van der Waals surface area contributed by atoms with Gasteiger partial charge in [0.05, 0.1) is 17.3 Å². The quantitative estimate of drug-likeness (QED) is 0.711. The van der Waals surface area contributed by atoms with Crippen LogP contribution in [-0.4, -0.2) is 23.0 Å². The van der Waals surface area contributed by atoms with Crippen LogP contribution in [0.4, 0.5) is 5.69 Å². The molecule has 0 aliphatic carbocycles. The minimum Gasteiger partial charge on any atom is -0.478 e. The minimum absolute atomic E-state index is 0.0818. The molecule has 1 rings (SSSR count). The molecular weight excluding hydrogens is 256 g/mol. The summed E-state index contributed by atoms with van der Waals surface area (Å²) >= 11 is 5.70. The standard InChI is InChI=1S/C12H13ClN2O3/c1-2-3-9(14)11(16)15-10-5-4-7(13)6-8(10)12(17)18/h2,4-6,9H,1,3,14H2,(H,15,16)(H,17,18). The predicted octanol–water partition coefficient (Wildman–Crippen LogP) is 1.88. The Labute approximate surface area is 109 Å². The molecule has 0 aliphatic rings. The zero-order valence-electron chi connectivity index (χ0n) is 9.52. The summed E-state index contributed by atoms with van der Waals surface area (Å²) in [5.41, 5.74) is 5.66. The van der Waals surface area contributed by atoms with E-state index in [1.165, 1.54) is 24.3 Å². The fourth-order valence-electron chi connectivity index (χ4n) is 1.31. The molecule has 0 aromatic heterocycles. The summed E-state index contributed by atoms with van der Waals surface area (Å²) in [5, 5.41) is 11.7. The summed E-state index contributed by atoms with van der Waals surface area (Å²) < 4.78 is 0. The van der Waals surface area contributed by atoms with Crippen molar-refractivity contribution in [1.82, 2.24) is 0 Å². The van der Waals surface area contributed by atoms with Gasteiger partial charge in [-0.1, -0.05) is 17.7 Å². The lowest BCUT2D eigenvalue weighted by atomic mass is 10.1. The van der Waals surface area contributed by atoms with E-state index < -0.39 is 17.9 Å². The van der Waals surface area contributed by atoms with Crippen molar-refractivity contribution in [3.8, 4) is 0 Å². The third kappa shape index (κ3) is 3.58. The van der Waals surface area contributed by atoms with E-state index in [4.69, 9.17) is 22.4 Å². The van der Waals surface area contributed by atoms with E-state index in [0.29, 0.717) is 6.42 Å². The number of benzene rings is 1. The minimum atomic E-state index is -1.18. The van der Waals surface area contributed by atoms with Crippen molar-refractivity contribution >= 4 is 29.2 Å². The van der Waals surface area contributed by atoms with Gasteiger partial charge in [0.25, 0.3) is 0 Å². The smallest absolute Gasteiger partial charge is 0.337 e. The van der Waals surface area contributed by atoms with Crippen molar-refractivity contribution in [2.24, 2.45) is 5.73 Å². The average molecular weight is 269 g/mol. The molecule has 96 valence electrons. The van der Waals surface area contributed by atoms with Gasteiger partial charge < -0.3 is 16.2 Å². The van der Waals surface area contributed by atoms with Crippen LogP contribution in [0.15, 0.2) is 30.9 Å². The molecule has 1 atom stereocenters. The van der Waals surface area contributed by atoms with Crippen molar-refractivity contribution in [2.45, 2.75) is 12.5 Å². The molecule has 1 unspecified atom stereocenters. The number of aromatic carboxylic acids is 1. The molecule has 0 saturated carbocycles.